The van der Waals surface area contributed by atoms with Crippen LogP contribution < -0.4 is 5.32 Å². The lowest BCUT2D eigenvalue weighted by Crippen LogP contribution is -2.18. The van der Waals surface area contributed by atoms with Crippen LogP contribution in [0.5, 0.6) is 0 Å². The number of hydrogen-bond acceptors (Lipinski definition) is 4. The number of aryl methyl sites for hydroxylation is 1. The highest BCUT2D eigenvalue weighted by molar-refractivity contribution is 5.70. The van der Waals surface area contributed by atoms with Gasteiger partial charge in [-0.15, -0.1) is 0 Å². The molecule has 2 heterocycles. The van der Waals surface area contributed by atoms with E-state index >= 15 is 0 Å². The van der Waals surface area contributed by atoms with Crippen LogP contribution >= 0.6 is 0 Å². The SMILES string of the molecule is Cc1oncc1C1COC(=O)N1. The summed E-state index contributed by atoms with van der Waals surface area (Å²) in [5.41, 5.74) is 0.876. The normalized spacial score (nSPS) is 22.1. The Hall–Kier alpha value is -1.52. The number of nitrogens with zero attached hydrogens (tertiary/aromatic N) is 1. The Bertz CT molecular complexity index is 307. The summed E-state index contributed by atoms with van der Waals surface area (Å²) in [5, 5.41) is 6.25. The molecule has 0 radical (unpaired) electrons. The van der Waals surface area contributed by atoms with Crippen LogP contribution in [0.15, 0.2) is 10.7 Å². The van der Waals surface area contributed by atoms with Gasteiger partial charge in [0.1, 0.15) is 12.4 Å². The summed E-state index contributed by atoms with van der Waals surface area (Å²) in [7, 11) is 0. The number of carbonyl (C=O) groups excluding carboxylic acids is 1. The maximum atomic E-state index is 10.7. The van der Waals surface area contributed by atoms with Gasteiger partial charge in [0.25, 0.3) is 0 Å². The van der Waals surface area contributed by atoms with Gasteiger partial charge in [-0.25, -0.2) is 4.79 Å². The van der Waals surface area contributed by atoms with Crippen molar-refractivity contribution in [1.82, 2.24) is 10.5 Å². The van der Waals surface area contributed by atoms with Gasteiger partial charge in [0.05, 0.1) is 12.2 Å². The number of alkyl carbamates (subject to hydrolysis) is 1. The molecule has 1 amide bonds. The molecule has 0 aromatic carbocycles. The van der Waals surface area contributed by atoms with E-state index in [0.29, 0.717) is 12.4 Å². The van der Waals surface area contributed by atoms with Crippen molar-refractivity contribution < 1.29 is 14.1 Å². The minimum atomic E-state index is -0.388. The van der Waals surface area contributed by atoms with Gasteiger partial charge in [-0.05, 0) is 6.92 Å². The van der Waals surface area contributed by atoms with E-state index in [-0.39, 0.29) is 12.1 Å². The first-order valence-corrected chi connectivity index (χ1v) is 3.62. The molecular formula is C7H8N2O3. The standard InChI is InChI=1S/C7H8N2O3/c1-4-5(2-8-12-4)6-3-11-7(10)9-6/h2,6H,3H2,1H3,(H,9,10). The molecule has 1 aliphatic rings. The van der Waals surface area contributed by atoms with Crippen molar-refractivity contribution in [3.63, 3.8) is 0 Å². The van der Waals surface area contributed by atoms with Crippen LogP contribution in [0.25, 0.3) is 0 Å². The van der Waals surface area contributed by atoms with Gasteiger partial charge in [0.2, 0.25) is 0 Å². The van der Waals surface area contributed by atoms with E-state index in [1.807, 2.05) is 0 Å². The van der Waals surface area contributed by atoms with Gasteiger partial charge in [0, 0.05) is 5.56 Å². The lowest BCUT2D eigenvalue weighted by molar-refractivity contribution is 0.177. The molecule has 1 fully saturated rings. The summed E-state index contributed by atoms with van der Waals surface area (Å²) in [4.78, 5) is 10.7. The van der Waals surface area contributed by atoms with Crippen molar-refractivity contribution in [2.24, 2.45) is 0 Å². The fraction of sp³-hybridized carbons (Fsp3) is 0.429. The number of carbonyl (C=O) groups is 1. The molecule has 1 aromatic heterocycles. The molecule has 0 saturated carbocycles. The van der Waals surface area contributed by atoms with Crippen LogP contribution in [-0.2, 0) is 4.74 Å². The van der Waals surface area contributed by atoms with Gasteiger partial charge < -0.3 is 14.6 Å². The Labute approximate surface area is 68.7 Å². The molecule has 0 bridgehead atoms. The van der Waals surface area contributed by atoms with Crippen LogP contribution in [0.1, 0.15) is 17.4 Å². The van der Waals surface area contributed by atoms with Crippen molar-refractivity contribution in [2.45, 2.75) is 13.0 Å². The molecule has 5 heteroatoms. The van der Waals surface area contributed by atoms with Gasteiger partial charge in [-0.3, -0.25) is 0 Å². The van der Waals surface area contributed by atoms with E-state index in [1.165, 1.54) is 0 Å². The van der Waals surface area contributed by atoms with Crippen LogP contribution in [0.4, 0.5) is 4.79 Å². The van der Waals surface area contributed by atoms with E-state index in [4.69, 9.17) is 9.26 Å². The fourth-order valence-electron chi connectivity index (χ4n) is 1.19. The topological polar surface area (TPSA) is 64.4 Å². The maximum Gasteiger partial charge on any atom is 0.407 e. The number of aromatic nitrogens is 1. The largest absolute Gasteiger partial charge is 0.447 e. The zero-order chi connectivity index (χ0) is 8.55. The van der Waals surface area contributed by atoms with E-state index in [9.17, 15) is 4.79 Å². The number of rotatable bonds is 1. The number of nitrogens with one attached hydrogen (secondary N) is 1. The molecule has 1 atom stereocenters. The highest BCUT2D eigenvalue weighted by Crippen LogP contribution is 2.20. The monoisotopic (exact) mass is 168 g/mol. The molecule has 0 spiro atoms. The zero-order valence-electron chi connectivity index (χ0n) is 6.53. The molecule has 1 saturated heterocycles. The van der Waals surface area contributed by atoms with E-state index in [0.717, 1.165) is 5.56 Å². The summed E-state index contributed by atoms with van der Waals surface area (Å²) in [6.45, 7) is 2.15. The summed E-state index contributed by atoms with van der Waals surface area (Å²) in [6.07, 6.45) is 1.20. The molecule has 1 aromatic rings. The zero-order valence-corrected chi connectivity index (χ0v) is 6.53. The summed E-state index contributed by atoms with van der Waals surface area (Å²) in [6, 6.07) is -0.108. The summed E-state index contributed by atoms with van der Waals surface area (Å²) >= 11 is 0. The second kappa shape index (κ2) is 2.51. The van der Waals surface area contributed by atoms with Crippen molar-refractivity contribution in [3.8, 4) is 0 Å². The number of amides is 1. The van der Waals surface area contributed by atoms with Crippen molar-refractivity contribution in [3.05, 3.63) is 17.5 Å². The number of cyclic esters (lactones) is 1. The van der Waals surface area contributed by atoms with Crippen molar-refractivity contribution in [1.29, 1.82) is 0 Å². The third-order valence-electron chi connectivity index (χ3n) is 1.84. The first-order chi connectivity index (χ1) is 5.77. The van der Waals surface area contributed by atoms with Crippen LogP contribution in [0.2, 0.25) is 0 Å². The molecule has 0 aliphatic carbocycles. The average molecular weight is 168 g/mol. The Balaban J connectivity index is 2.21. The minimum absolute atomic E-state index is 0.108. The highest BCUT2D eigenvalue weighted by atomic mass is 16.6. The van der Waals surface area contributed by atoms with E-state index < -0.39 is 0 Å². The first kappa shape index (κ1) is 7.15. The van der Waals surface area contributed by atoms with E-state index in [2.05, 4.69) is 10.5 Å². The average Bonchev–Trinajstić information content (AvgIpc) is 2.58. The first-order valence-electron chi connectivity index (χ1n) is 3.62. The van der Waals surface area contributed by atoms with Gasteiger partial charge in [-0.2, -0.15) is 0 Å². The quantitative estimate of drug-likeness (QED) is 0.672. The summed E-state index contributed by atoms with van der Waals surface area (Å²) < 4.78 is 9.58. The molecule has 64 valence electrons. The lowest BCUT2D eigenvalue weighted by Gasteiger charge is -2.02. The third kappa shape index (κ3) is 1.03. The number of ether oxygens (including phenoxy) is 1. The Morgan fingerprint density at radius 3 is 3.08 bits per heavy atom. The van der Waals surface area contributed by atoms with Gasteiger partial charge in [-0.1, -0.05) is 5.16 Å². The van der Waals surface area contributed by atoms with Gasteiger partial charge in [0.15, 0.2) is 0 Å². The van der Waals surface area contributed by atoms with Crippen LogP contribution in [0.3, 0.4) is 0 Å². The lowest BCUT2D eigenvalue weighted by atomic mass is 10.1. The predicted octanol–water partition coefficient (Wildman–Crippen LogP) is 0.764. The maximum absolute atomic E-state index is 10.7. The summed E-state index contributed by atoms with van der Waals surface area (Å²) in [5.74, 6) is 0.714. The second-order valence-corrected chi connectivity index (χ2v) is 2.63. The number of hydrogen-bond donors (Lipinski definition) is 1. The third-order valence-corrected chi connectivity index (χ3v) is 1.84. The molecule has 12 heavy (non-hydrogen) atoms. The molecule has 1 N–H and O–H groups in total. The predicted molar refractivity (Wildman–Crippen MR) is 38.5 cm³/mol. The molecule has 1 unspecified atom stereocenters. The van der Waals surface area contributed by atoms with Crippen LogP contribution in [0, 0.1) is 6.92 Å². The highest BCUT2D eigenvalue weighted by Gasteiger charge is 2.26. The molecular weight excluding hydrogens is 160 g/mol. The molecule has 5 nitrogen and oxygen atoms in total. The molecule has 2 rings (SSSR count). The molecule has 1 aliphatic heterocycles. The second-order valence-electron chi connectivity index (χ2n) is 2.63. The Morgan fingerprint density at radius 1 is 1.75 bits per heavy atom. The van der Waals surface area contributed by atoms with E-state index in [1.54, 1.807) is 13.1 Å². The minimum Gasteiger partial charge on any atom is -0.447 e. The fourth-order valence-corrected chi connectivity index (χ4v) is 1.19. The Kier molecular flexibility index (Phi) is 1.49. The Morgan fingerprint density at radius 2 is 2.58 bits per heavy atom. The van der Waals surface area contributed by atoms with Crippen molar-refractivity contribution in [2.75, 3.05) is 6.61 Å². The van der Waals surface area contributed by atoms with Crippen molar-refractivity contribution >= 4 is 6.09 Å². The van der Waals surface area contributed by atoms with Crippen LogP contribution in [-0.4, -0.2) is 17.9 Å². The van der Waals surface area contributed by atoms with Gasteiger partial charge >= 0.3 is 6.09 Å². The smallest absolute Gasteiger partial charge is 0.407 e.